The van der Waals surface area contributed by atoms with Crippen molar-refractivity contribution in [1.82, 2.24) is 4.90 Å². The molecule has 0 radical (unpaired) electrons. The third-order valence-electron chi connectivity index (χ3n) is 4.09. The smallest absolute Gasteiger partial charge is 0.248 e. The summed E-state index contributed by atoms with van der Waals surface area (Å²) in [5.74, 6) is -1.20. The average molecular weight is 387 g/mol. The Morgan fingerprint density at radius 2 is 1.78 bits per heavy atom. The maximum absolute atomic E-state index is 13.1. The number of anilines is 1. The number of carbonyl (C=O) groups is 3. The van der Waals surface area contributed by atoms with E-state index in [0.29, 0.717) is 11.3 Å². The third-order valence-corrected chi connectivity index (χ3v) is 4.38. The Bertz CT molecular complexity index is 909. The Balaban J connectivity index is 1.58. The van der Waals surface area contributed by atoms with Gasteiger partial charge in [-0.3, -0.25) is 19.3 Å². The number of imide groups is 1. The van der Waals surface area contributed by atoms with Crippen LogP contribution in [-0.4, -0.2) is 22.6 Å². The summed E-state index contributed by atoms with van der Waals surface area (Å²) < 4.78 is 13.1. The van der Waals surface area contributed by atoms with Crippen LogP contribution in [0.3, 0.4) is 0 Å². The monoisotopic (exact) mass is 386 g/mol. The van der Waals surface area contributed by atoms with Crippen molar-refractivity contribution in [2.24, 2.45) is 0 Å². The van der Waals surface area contributed by atoms with Gasteiger partial charge in [0, 0.05) is 24.6 Å². The van der Waals surface area contributed by atoms with Gasteiger partial charge in [-0.25, -0.2) is 4.39 Å². The molecule has 0 aromatic heterocycles. The van der Waals surface area contributed by atoms with Gasteiger partial charge in [0.25, 0.3) is 0 Å². The lowest BCUT2D eigenvalue weighted by molar-refractivity contribution is -0.139. The fourth-order valence-electron chi connectivity index (χ4n) is 2.65. The second-order valence-electron chi connectivity index (χ2n) is 6.07. The minimum absolute atomic E-state index is 0.0110. The van der Waals surface area contributed by atoms with Crippen LogP contribution in [-0.2, 0) is 20.9 Å². The van der Waals surface area contributed by atoms with Crippen LogP contribution in [0.15, 0.2) is 48.5 Å². The first-order chi connectivity index (χ1) is 12.9. The number of nitrogens with zero attached hydrogens (tertiary/aromatic N) is 1. The number of amides is 3. The van der Waals surface area contributed by atoms with Crippen LogP contribution in [0.5, 0.6) is 0 Å². The molecular weight excluding hydrogens is 371 g/mol. The molecular formula is C20H16ClFN2O3. The van der Waals surface area contributed by atoms with Crippen molar-refractivity contribution in [3.63, 3.8) is 0 Å². The second kappa shape index (κ2) is 8.14. The normalized spacial score (nSPS) is 14.2. The molecule has 1 heterocycles. The molecule has 3 amide bonds. The molecule has 0 spiro atoms. The number of carbonyl (C=O) groups excluding carboxylic acids is 3. The zero-order valence-corrected chi connectivity index (χ0v) is 15.0. The molecule has 0 atom stereocenters. The van der Waals surface area contributed by atoms with Gasteiger partial charge in [-0.15, -0.1) is 0 Å². The standard InChI is InChI=1S/C20H16ClFN2O3/c21-16-11-13(3-7-17(16)22)4-8-18(25)23-15-5-1-14(2-6-15)12-24-19(26)9-10-20(24)27/h1-8,11H,9-10,12H2,(H,23,25)/b8-4+. The van der Waals surface area contributed by atoms with Gasteiger partial charge in [-0.2, -0.15) is 0 Å². The van der Waals surface area contributed by atoms with Gasteiger partial charge in [-0.05, 0) is 41.5 Å². The lowest BCUT2D eigenvalue weighted by atomic mass is 10.2. The minimum atomic E-state index is -0.518. The number of halogens is 2. The predicted octanol–water partition coefficient (Wildman–Crippen LogP) is 3.78. The molecule has 1 aliphatic heterocycles. The summed E-state index contributed by atoms with van der Waals surface area (Å²) in [6.45, 7) is 0.233. The number of likely N-dealkylation sites (tertiary alicyclic amines) is 1. The fraction of sp³-hybridized carbons (Fsp3) is 0.150. The lowest BCUT2D eigenvalue weighted by Gasteiger charge is -2.14. The van der Waals surface area contributed by atoms with Crippen molar-refractivity contribution in [3.05, 3.63) is 70.5 Å². The fourth-order valence-corrected chi connectivity index (χ4v) is 2.84. The number of hydrogen-bond donors (Lipinski definition) is 1. The van der Waals surface area contributed by atoms with Gasteiger partial charge in [0.05, 0.1) is 11.6 Å². The Kier molecular flexibility index (Phi) is 5.66. The molecule has 0 aliphatic carbocycles. The topological polar surface area (TPSA) is 66.5 Å². The first kappa shape index (κ1) is 18.8. The van der Waals surface area contributed by atoms with E-state index in [1.165, 1.54) is 35.3 Å². The molecule has 1 saturated heterocycles. The van der Waals surface area contributed by atoms with Gasteiger partial charge >= 0.3 is 0 Å². The molecule has 1 N–H and O–H groups in total. The summed E-state index contributed by atoms with van der Waals surface area (Å²) >= 11 is 5.70. The summed E-state index contributed by atoms with van der Waals surface area (Å²) in [6, 6.07) is 11.1. The molecule has 3 rings (SSSR count). The molecule has 0 saturated carbocycles. The van der Waals surface area contributed by atoms with Crippen molar-refractivity contribution in [2.75, 3.05) is 5.32 Å². The second-order valence-corrected chi connectivity index (χ2v) is 6.47. The lowest BCUT2D eigenvalue weighted by Crippen LogP contribution is -2.28. The van der Waals surface area contributed by atoms with Gasteiger partial charge in [-0.1, -0.05) is 29.8 Å². The van der Waals surface area contributed by atoms with E-state index in [1.54, 1.807) is 24.3 Å². The van der Waals surface area contributed by atoms with E-state index in [-0.39, 0.29) is 42.1 Å². The Labute approximate surface area is 160 Å². The van der Waals surface area contributed by atoms with E-state index in [4.69, 9.17) is 11.6 Å². The van der Waals surface area contributed by atoms with E-state index in [0.717, 1.165) is 5.56 Å². The Morgan fingerprint density at radius 1 is 1.11 bits per heavy atom. The SMILES string of the molecule is O=C(/C=C/c1ccc(F)c(Cl)c1)Nc1ccc(CN2C(=O)CCC2=O)cc1. The van der Waals surface area contributed by atoms with Crippen LogP contribution < -0.4 is 5.32 Å². The zero-order valence-electron chi connectivity index (χ0n) is 14.2. The quantitative estimate of drug-likeness (QED) is 0.628. The molecule has 0 unspecified atom stereocenters. The molecule has 2 aromatic rings. The van der Waals surface area contributed by atoms with E-state index >= 15 is 0 Å². The highest BCUT2D eigenvalue weighted by Crippen LogP contribution is 2.18. The maximum atomic E-state index is 13.1. The van der Waals surface area contributed by atoms with Crippen LogP contribution in [0.1, 0.15) is 24.0 Å². The van der Waals surface area contributed by atoms with E-state index < -0.39 is 5.82 Å². The number of nitrogens with one attached hydrogen (secondary N) is 1. The maximum Gasteiger partial charge on any atom is 0.248 e. The van der Waals surface area contributed by atoms with Crippen molar-refractivity contribution in [1.29, 1.82) is 0 Å². The van der Waals surface area contributed by atoms with Crippen molar-refractivity contribution >= 4 is 41.1 Å². The number of benzene rings is 2. The summed E-state index contributed by atoms with van der Waals surface area (Å²) in [4.78, 5) is 36.5. The Hall–Kier alpha value is -2.99. The highest BCUT2D eigenvalue weighted by molar-refractivity contribution is 6.30. The summed E-state index contributed by atoms with van der Waals surface area (Å²) in [7, 11) is 0. The van der Waals surface area contributed by atoms with Crippen LogP contribution in [0.25, 0.3) is 6.08 Å². The number of hydrogen-bond acceptors (Lipinski definition) is 3. The molecule has 27 heavy (non-hydrogen) atoms. The van der Waals surface area contributed by atoms with Gasteiger partial charge in [0.2, 0.25) is 17.7 Å². The molecule has 1 fully saturated rings. The third kappa shape index (κ3) is 4.80. The largest absolute Gasteiger partial charge is 0.323 e. The molecule has 7 heteroatoms. The van der Waals surface area contributed by atoms with Crippen molar-refractivity contribution in [2.45, 2.75) is 19.4 Å². The summed E-state index contributed by atoms with van der Waals surface area (Å²) in [6.07, 6.45) is 3.37. The molecule has 2 aromatic carbocycles. The van der Waals surface area contributed by atoms with Crippen LogP contribution in [0.2, 0.25) is 5.02 Å². The summed E-state index contributed by atoms with van der Waals surface area (Å²) in [5.41, 5.74) is 1.98. The summed E-state index contributed by atoms with van der Waals surface area (Å²) in [5, 5.41) is 2.69. The van der Waals surface area contributed by atoms with E-state index in [2.05, 4.69) is 5.32 Å². The predicted molar refractivity (Wildman–Crippen MR) is 100 cm³/mol. The van der Waals surface area contributed by atoms with Gasteiger partial charge in [0.15, 0.2) is 0 Å². The van der Waals surface area contributed by atoms with Crippen LogP contribution >= 0.6 is 11.6 Å². The first-order valence-electron chi connectivity index (χ1n) is 8.28. The van der Waals surface area contributed by atoms with Crippen LogP contribution in [0.4, 0.5) is 10.1 Å². The zero-order chi connectivity index (χ0) is 19.4. The highest BCUT2D eigenvalue weighted by atomic mass is 35.5. The molecule has 5 nitrogen and oxygen atoms in total. The van der Waals surface area contributed by atoms with Crippen molar-refractivity contribution < 1.29 is 18.8 Å². The van der Waals surface area contributed by atoms with E-state index in [9.17, 15) is 18.8 Å². The number of rotatable bonds is 5. The first-order valence-corrected chi connectivity index (χ1v) is 8.66. The van der Waals surface area contributed by atoms with Crippen molar-refractivity contribution in [3.8, 4) is 0 Å². The van der Waals surface area contributed by atoms with Gasteiger partial charge in [0.1, 0.15) is 5.82 Å². The molecule has 1 aliphatic rings. The minimum Gasteiger partial charge on any atom is -0.323 e. The Morgan fingerprint density at radius 3 is 2.41 bits per heavy atom. The highest BCUT2D eigenvalue weighted by Gasteiger charge is 2.28. The van der Waals surface area contributed by atoms with E-state index in [1.807, 2.05) is 0 Å². The average Bonchev–Trinajstić information content (AvgIpc) is 2.96. The molecule has 138 valence electrons. The van der Waals surface area contributed by atoms with Crippen LogP contribution in [0, 0.1) is 5.82 Å². The van der Waals surface area contributed by atoms with Gasteiger partial charge < -0.3 is 5.32 Å². The molecule has 0 bridgehead atoms.